The van der Waals surface area contributed by atoms with Crippen molar-refractivity contribution in [2.45, 2.75) is 23.6 Å². The number of hydrogen-bond donors (Lipinski definition) is 0. The molecule has 96 valence electrons. The Bertz CT molecular complexity index is 348. The van der Waals surface area contributed by atoms with Gasteiger partial charge in [0.1, 0.15) is 12.2 Å². The second-order valence-electron chi connectivity index (χ2n) is 3.84. The first kappa shape index (κ1) is 12.5. The van der Waals surface area contributed by atoms with Crippen LogP contribution in [0.2, 0.25) is 0 Å². The van der Waals surface area contributed by atoms with E-state index in [-0.39, 0.29) is 24.6 Å². The van der Waals surface area contributed by atoms with Crippen molar-refractivity contribution in [1.29, 1.82) is 0 Å². The topological polar surface area (TPSA) is 87.9 Å². The van der Waals surface area contributed by atoms with E-state index in [4.69, 9.17) is 9.47 Å². The molecule has 2 aliphatic rings. The summed E-state index contributed by atoms with van der Waals surface area (Å²) in [7, 11) is -1.13. The molecule has 2 heterocycles. The summed E-state index contributed by atoms with van der Waals surface area (Å²) in [6.45, 7) is 3.89. The van der Waals surface area contributed by atoms with Crippen molar-refractivity contribution in [3.8, 4) is 0 Å². The van der Waals surface area contributed by atoms with E-state index < -0.39 is 28.1 Å². The van der Waals surface area contributed by atoms with Gasteiger partial charge in [-0.15, -0.1) is 16.7 Å². The highest BCUT2D eigenvalue weighted by Crippen LogP contribution is 2.31. The second-order valence-corrected chi connectivity index (χ2v) is 5.54. The van der Waals surface area contributed by atoms with Gasteiger partial charge in [-0.25, -0.2) is 0 Å². The first-order valence-corrected chi connectivity index (χ1v) is 6.54. The minimum atomic E-state index is -1.13. The Labute approximate surface area is 100 Å². The Kier molecular flexibility index (Phi) is 3.75. The van der Waals surface area contributed by atoms with Crippen molar-refractivity contribution in [2.24, 2.45) is 0 Å². The van der Waals surface area contributed by atoms with E-state index in [2.05, 4.69) is 11.4 Å². The molecule has 0 radical (unpaired) electrons. The van der Waals surface area contributed by atoms with E-state index in [1.807, 2.05) is 0 Å². The third kappa shape index (κ3) is 2.48. The van der Waals surface area contributed by atoms with Gasteiger partial charge in [0.25, 0.3) is 5.09 Å². The fourth-order valence-corrected chi connectivity index (χ4v) is 3.34. The second kappa shape index (κ2) is 5.11. The Morgan fingerprint density at radius 1 is 1.47 bits per heavy atom. The van der Waals surface area contributed by atoms with Crippen LogP contribution >= 0.6 is 0 Å². The molecule has 0 spiro atoms. The van der Waals surface area contributed by atoms with E-state index in [9.17, 15) is 14.3 Å². The maximum absolute atomic E-state index is 11.8. The van der Waals surface area contributed by atoms with Gasteiger partial charge in [-0.1, -0.05) is 6.08 Å². The summed E-state index contributed by atoms with van der Waals surface area (Å²) in [5.74, 6) is 0.362. The summed E-state index contributed by atoms with van der Waals surface area (Å²) in [5.41, 5.74) is 0. The summed E-state index contributed by atoms with van der Waals surface area (Å²) in [6, 6.07) is 0. The van der Waals surface area contributed by atoms with Crippen molar-refractivity contribution in [3.63, 3.8) is 0 Å². The van der Waals surface area contributed by atoms with E-state index >= 15 is 0 Å². The van der Waals surface area contributed by atoms with E-state index in [0.717, 1.165) is 0 Å². The molecule has 0 aromatic rings. The minimum absolute atomic E-state index is 0.0953. The van der Waals surface area contributed by atoms with Crippen LogP contribution in [-0.4, -0.2) is 51.8 Å². The Morgan fingerprint density at radius 2 is 2.18 bits per heavy atom. The average Bonchev–Trinajstić information content (AvgIpc) is 2.80. The highest BCUT2D eigenvalue weighted by molar-refractivity contribution is 7.85. The van der Waals surface area contributed by atoms with Crippen molar-refractivity contribution in [1.82, 2.24) is 0 Å². The van der Waals surface area contributed by atoms with Crippen LogP contribution in [0, 0.1) is 10.1 Å². The largest absolute Gasteiger partial charge is 0.372 e. The van der Waals surface area contributed by atoms with E-state index in [1.54, 1.807) is 6.08 Å². The van der Waals surface area contributed by atoms with Crippen LogP contribution in [0.1, 0.15) is 0 Å². The zero-order valence-corrected chi connectivity index (χ0v) is 9.84. The third-order valence-electron chi connectivity index (χ3n) is 2.80. The average molecular weight is 263 g/mol. The molecule has 17 heavy (non-hydrogen) atoms. The lowest BCUT2D eigenvalue weighted by Gasteiger charge is -2.14. The van der Waals surface area contributed by atoms with Crippen LogP contribution in [-0.2, 0) is 25.1 Å². The van der Waals surface area contributed by atoms with Gasteiger partial charge in [-0.05, 0) is 0 Å². The van der Waals surface area contributed by atoms with Crippen molar-refractivity contribution < 1.29 is 23.6 Å². The van der Waals surface area contributed by atoms with Crippen molar-refractivity contribution in [3.05, 3.63) is 22.8 Å². The Hall–Kier alpha value is -0.990. The monoisotopic (exact) mass is 263 g/mol. The highest BCUT2D eigenvalue weighted by Gasteiger charge is 2.51. The van der Waals surface area contributed by atoms with E-state index in [0.29, 0.717) is 5.75 Å². The molecule has 2 saturated heterocycles. The van der Waals surface area contributed by atoms with Gasteiger partial charge in [0.15, 0.2) is 6.10 Å². The van der Waals surface area contributed by atoms with Gasteiger partial charge in [0.2, 0.25) is 0 Å². The zero-order valence-electron chi connectivity index (χ0n) is 9.02. The molecule has 0 bridgehead atoms. The van der Waals surface area contributed by atoms with Gasteiger partial charge in [0, 0.05) is 16.6 Å². The quantitative estimate of drug-likeness (QED) is 0.383. The first-order chi connectivity index (χ1) is 8.13. The van der Waals surface area contributed by atoms with Crippen LogP contribution in [0.5, 0.6) is 0 Å². The molecule has 0 amide bonds. The zero-order chi connectivity index (χ0) is 12.4. The molecule has 2 aliphatic heterocycles. The molecule has 2 rings (SSSR count). The Morgan fingerprint density at radius 3 is 2.82 bits per heavy atom. The number of ether oxygens (including phenoxy) is 2. The molecule has 0 aliphatic carbocycles. The fourth-order valence-electron chi connectivity index (χ4n) is 2.10. The van der Waals surface area contributed by atoms with Crippen molar-refractivity contribution >= 4 is 10.8 Å². The predicted octanol–water partition coefficient (Wildman–Crippen LogP) is -0.336. The normalized spacial score (nSPS) is 37.4. The molecular weight excluding hydrogens is 250 g/mol. The van der Waals surface area contributed by atoms with Gasteiger partial charge in [-0.3, -0.25) is 4.21 Å². The van der Waals surface area contributed by atoms with Gasteiger partial charge < -0.3 is 14.3 Å². The minimum Gasteiger partial charge on any atom is -0.372 e. The summed E-state index contributed by atoms with van der Waals surface area (Å²) in [4.78, 5) is 14.7. The molecule has 0 N–H and O–H groups in total. The Balaban J connectivity index is 1.99. The SMILES string of the molecule is C=CC[S@](=O)C1COC2C(O[N+](=O)[O-])COC21. The van der Waals surface area contributed by atoms with Crippen LogP contribution in [0.25, 0.3) is 0 Å². The van der Waals surface area contributed by atoms with Crippen molar-refractivity contribution in [2.75, 3.05) is 19.0 Å². The van der Waals surface area contributed by atoms with Gasteiger partial charge >= 0.3 is 0 Å². The number of fused-ring (bicyclic) bond motifs is 1. The standard InChI is InChI=1S/C9H13NO6S/c1-2-3-17(13)7-5-15-8-6(16-10(11)12)4-14-9(7)8/h2,6-9H,1,3-5H2/t6?,7?,8?,9?,17-/m0/s1. The molecule has 0 saturated carbocycles. The fraction of sp³-hybridized carbons (Fsp3) is 0.778. The van der Waals surface area contributed by atoms with Crippen LogP contribution in [0.4, 0.5) is 0 Å². The summed E-state index contributed by atoms with van der Waals surface area (Å²) < 4.78 is 22.6. The number of hydrogen-bond acceptors (Lipinski definition) is 6. The summed E-state index contributed by atoms with van der Waals surface area (Å²) in [5, 5.41) is 9.14. The smallest absolute Gasteiger partial charge is 0.294 e. The summed E-state index contributed by atoms with van der Waals surface area (Å²) >= 11 is 0. The highest BCUT2D eigenvalue weighted by atomic mass is 32.2. The van der Waals surface area contributed by atoms with Crippen LogP contribution in [0.3, 0.4) is 0 Å². The molecule has 4 unspecified atom stereocenters. The van der Waals surface area contributed by atoms with E-state index in [1.165, 1.54) is 0 Å². The van der Waals surface area contributed by atoms with Crippen LogP contribution in [0.15, 0.2) is 12.7 Å². The third-order valence-corrected chi connectivity index (χ3v) is 4.45. The predicted molar refractivity (Wildman–Crippen MR) is 58.3 cm³/mol. The summed E-state index contributed by atoms with van der Waals surface area (Å²) in [6.07, 6.45) is -0.0377. The van der Waals surface area contributed by atoms with Gasteiger partial charge in [-0.2, -0.15) is 0 Å². The lowest BCUT2D eigenvalue weighted by molar-refractivity contribution is -0.769. The first-order valence-electron chi connectivity index (χ1n) is 5.16. The molecule has 0 aromatic heterocycles. The number of nitrogens with zero attached hydrogens (tertiary/aromatic N) is 1. The maximum atomic E-state index is 11.8. The lowest BCUT2D eigenvalue weighted by atomic mass is 10.1. The molecule has 7 nitrogen and oxygen atoms in total. The number of rotatable bonds is 5. The van der Waals surface area contributed by atoms with Crippen LogP contribution < -0.4 is 0 Å². The molecule has 0 aromatic carbocycles. The molecular formula is C9H13NO6S. The molecule has 5 atom stereocenters. The lowest BCUT2D eigenvalue weighted by Crippen LogP contribution is -2.36. The maximum Gasteiger partial charge on any atom is 0.294 e. The molecule has 2 fully saturated rings. The van der Waals surface area contributed by atoms with Gasteiger partial charge in [0.05, 0.1) is 18.5 Å². The molecule has 8 heteroatoms.